The molecule has 0 radical (unpaired) electrons. The highest BCUT2D eigenvalue weighted by molar-refractivity contribution is 6.35. The molecule has 0 bridgehead atoms. The number of nitrogens with one attached hydrogen (secondary N) is 1. The lowest BCUT2D eigenvalue weighted by atomic mass is 10.3. The van der Waals surface area contributed by atoms with Gasteiger partial charge < -0.3 is 5.32 Å². The molecule has 0 aliphatic rings. The number of hydrogen-bond acceptors (Lipinski definition) is 3. The number of rotatable bonds is 2. The third-order valence-corrected chi connectivity index (χ3v) is 2.61. The molecule has 1 aromatic heterocycles. The van der Waals surface area contributed by atoms with E-state index in [2.05, 4.69) is 15.3 Å². The summed E-state index contributed by atoms with van der Waals surface area (Å²) in [7, 11) is 0. The van der Waals surface area contributed by atoms with Crippen molar-refractivity contribution in [1.82, 2.24) is 9.97 Å². The quantitative estimate of drug-likeness (QED) is 0.807. The Kier molecular flexibility index (Phi) is 3.94. The maximum atomic E-state index is 5.86. The SMILES string of the molecule is Clc1cc(Cl)cc(Nc2nc(Cl)cc(Cl)n2)c1. The van der Waals surface area contributed by atoms with E-state index in [-0.39, 0.29) is 16.3 Å². The van der Waals surface area contributed by atoms with Gasteiger partial charge in [0, 0.05) is 21.8 Å². The van der Waals surface area contributed by atoms with Crippen LogP contribution in [0.4, 0.5) is 11.6 Å². The van der Waals surface area contributed by atoms with Crippen LogP contribution in [0.3, 0.4) is 0 Å². The number of anilines is 2. The van der Waals surface area contributed by atoms with Crippen molar-refractivity contribution in [2.24, 2.45) is 0 Å². The molecule has 0 unspecified atom stereocenters. The van der Waals surface area contributed by atoms with Gasteiger partial charge in [-0.15, -0.1) is 0 Å². The van der Waals surface area contributed by atoms with Crippen LogP contribution in [0.5, 0.6) is 0 Å². The molecule has 88 valence electrons. The minimum atomic E-state index is 0.251. The lowest BCUT2D eigenvalue weighted by Gasteiger charge is -2.06. The molecule has 0 saturated heterocycles. The summed E-state index contributed by atoms with van der Waals surface area (Å²) in [6.45, 7) is 0. The third-order valence-electron chi connectivity index (χ3n) is 1.78. The molecule has 0 atom stereocenters. The second-order valence-electron chi connectivity index (χ2n) is 3.12. The van der Waals surface area contributed by atoms with Gasteiger partial charge >= 0.3 is 0 Å². The van der Waals surface area contributed by atoms with Crippen LogP contribution in [0.1, 0.15) is 0 Å². The zero-order valence-corrected chi connectivity index (χ0v) is 11.2. The van der Waals surface area contributed by atoms with Crippen molar-refractivity contribution in [2.45, 2.75) is 0 Å². The van der Waals surface area contributed by atoms with Gasteiger partial charge in [0.1, 0.15) is 10.3 Å². The molecule has 0 fully saturated rings. The molecular weight excluding hydrogens is 304 g/mol. The molecule has 3 nitrogen and oxygen atoms in total. The first-order chi connectivity index (χ1) is 8.02. The van der Waals surface area contributed by atoms with Crippen molar-refractivity contribution < 1.29 is 0 Å². The van der Waals surface area contributed by atoms with Gasteiger partial charge in [0.2, 0.25) is 5.95 Å². The Hall–Kier alpha value is -0.740. The molecule has 0 spiro atoms. The van der Waals surface area contributed by atoms with E-state index in [4.69, 9.17) is 46.4 Å². The predicted molar refractivity (Wildman–Crippen MR) is 71.8 cm³/mol. The van der Waals surface area contributed by atoms with Gasteiger partial charge in [-0.3, -0.25) is 0 Å². The molecule has 0 aliphatic carbocycles. The number of hydrogen-bond donors (Lipinski definition) is 1. The van der Waals surface area contributed by atoms with E-state index >= 15 is 0 Å². The second kappa shape index (κ2) is 5.27. The van der Waals surface area contributed by atoms with Crippen LogP contribution in [-0.4, -0.2) is 9.97 Å². The van der Waals surface area contributed by atoms with Crippen molar-refractivity contribution in [3.05, 3.63) is 44.6 Å². The highest BCUT2D eigenvalue weighted by Crippen LogP contribution is 2.25. The zero-order chi connectivity index (χ0) is 12.4. The minimum Gasteiger partial charge on any atom is -0.324 e. The van der Waals surface area contributed by atoms with Gasteiger partial charge in [-0.05, 0) is 18.2 Å². The van der Waals surface area contributed by atoms with Crippen LogP contribution in [0, 0.1) is 0 Å². The Morgan fingerprint density at radius 2 is 1.29 bits per heavy atom. The maximum absolute atomic E-state index is 5.86. The summed E-state index contributed by atoms with van der Waals surface area (Å²) in [6, 6.07) is 6.44. The molecule has 7 heteroatoms. The van der Waals surface area contributed by atoms with Crippen LogP contribution in [-0.2, 0) is 0 Å². The molecule has 0 aliphatic heterocycles. The zero-order valence-electron chi connectivity index (χ0n) is 8.22. The number of aromatic nitrogens is 2. The normalized spacial score (nSPS) is 10.4. The lowest BCUT2D eigenvalue weighted by molar-refractivity contribution is 1.17. The fraction of sp³-hybridized carbons (Fsp3) is 0. The highest BCUT2D eigenvalue weighted by Gasteiger charge is 2.04. The van der Waals surface area contributed by atoms with Crippen molar-refractivity contribution in [2.75, 3.05) is 5.32 Å². The fourth-order valence-electron chi connectivity index (χ4n) is 1.20. The summed E-state index contributed by atoms with van der Waals surface area (Å²) in [6.07, 6.45) is 0. The molecular formula is C10H5Cl4N3. The summed E-state index contributed by atoms with van der Waals surface area (Å²) in [4.78, 5) is 7.92. The molecule has 2 aromatic rings. The van der Waals surface area contributed by atoms with E-state index in [0.717, 1.165) is 0 Å². The Balaban J connectivity index is 2.31. The summed E-state index contributed by atoms with van der Waals surface area (Å²) in [5, 5.41) is 4.42. The molecule has 0 saturated carbocycles. The molecule has 2 rings (SSSR count). The van der Waals surface area contributed by atoms with Gasteiger partial charge in [-0.25, -0.2) is 9.97 Å². The Bertz CT molecular complexity index is 469. The third kappa shape index (κ3) is 3.61. The highest BCUT2D eigenvalue weighted by atomic mass is 35.5. The first-order valence-electron chi connectivity index (χ1n) is 4.46. The second-order valence-corrected chi connectivity index (χ2v) is 4.77. The van der Waals surface area contributed by atoms with E-state index < -0.39 is 0 Å². The van der Waals surface area contributed by atoms with Gasteiger partial charge in [0.25, 0.3) is 0 Å². The lowest BCUT2D eigenvalue weighted by Crippen LogP contribution is -1.97. The Morgan fingerprint density at radius 3 is 1.82 bits per heavy atom. The number of halogens is 4. The summed E-state index contributed by atoms with van der Waals surface area (Å²) in [5.74, 6) is 0.279. The molecule has 1 heterocycles. The van der Waals surface area contributed by atoms with E-state index in [9.17, 15) is 0 Å². The maximum Gasteiger partial charge on any atom is 0.230 e. The van der Waals surface area contributed by atoms with Crippen LogP contribution in [0.25, 0.3) is 0 Å². The predicted octanol–water partition coefficient (Wildman–Crippen LogP) is 4.83. The first kappa shape index (κ1) is 12.7. The molecule has 1 aromatic carbocycles. The van der Waals surface area contributed by atoms with E-state index in [0.29, 0.717) is 15.7 Å². The topological polar surface area (TPSA) is 37.8 Å². The van der Waals surface area contributed by atoms with Crippen LogP contribution >= 0.6 is 46.4 Å². The van der Waals surface area contributed by atoms with Crippen molar-refractivity contribution >= 4 is 58.0 Å². The minimum absolute atomic E-state index is 0.251. The number of nitrogens with zero attached hydrogens (tertiary/aromatic N) is 2. The van der Waals surface area contributed by atoms with Crippen LogP contribution < -0.4 is 5.32 Å². The van der Waals surface area contributed by atoms with Crippen molar-refractivity contribution in [3.8, 4) is 0 Å². The van der Waals surface area contributed by atoms with Crippen molar-refractivity contribution in [1.29, 1.82) is 0 Å². The molecule has 17 heavy (non-hydrogen) atoms. The monoisotopic (exact) mass is 307 g/mol. The Morgan fingerprint density at radius 1 is 0.765 bits per heavy atom. The average molecular weight is 309 g/mol. The van der Waals surface area contributed by atoms with E-state index in [1.807, 2.05) is 0 Å². The van der Waals surface area contributed by atoms with Gasteiger partial charge in [-0.2, -0.15) is 0 Å². The first-order valence-corrected chi connectivity index (χ1v) is 5.97. The largest absolute Gasteiger partial charge is 0.324 e. The average Bonchev–Trinajstić information content (AvgIpc) is 2.13. The molecule has 1 N–H and O–H groups in total. The fourth-order valence-corrected chi connectivity index (χ4v) is 2.15. The summed E-state index contributed by atoms with van der Waals surface area (Å²) >= 11 is 23.2. The standard InChI is InChI=1S/C10H5Cl4N3/c11-5-1-6(12)3-7(2-5)15-10-16-8(13)4-9(14)17-10/h1-4H,(H,15,16,17). The van der Waals surface area contributed by atoms with Gasteiger partial charge in [0.15, 0.2) is 0 Å². The summed E-state index contributed by atoms with van der Waals surface area (Å²) in [5.41, 5.74) is 0.654. The number of benzene rings is 1. The van der Waals surface area contributed by atoms with Crippen LogP contribution in [0.15, 0.2) is 24.3 Å². The van der Waals surface area contributed by atoms with Crippen molar-refractivity contribution in [3.63, 3.8) is 0 Å². The summed E-state index contributed by atoms with van der Waals surface area (Å²) < 4.78 is 0. The van der Waals surface area contributed by atoms with Gasteiger partial charge in [-0.1, -0.05) is 46.4 Å². The van der Waals surface area contributed by atoms with E-state index in [1.165, 1.54) is 6.07 Å². The smallest absolute Gasteiger partial charge is 0.230 e. The Labute approximate surface area is 118 Å². The van der Waals surface area contributed by atoms with Gasteiger partial charge in [0.05, 0.1) is 0 Å². The van der Waals surface area contributed by atoms with E-state index in [1.54, 1.807) is 18.2 Å². The van der Waals surface area contributed by atoms with Crippen LogP contribution in [0.2, 0.25) is 20.4 Å². The molecule has 0 amide bonds.